The van der Waals surface area contributed by atoms with Crippen LogP contribution in [-0.2, 0) is 9.53 Å². The summed E-state index contributed by atoms with van der Waals surface area (Å²) in [6, 6.07) is 0. The van der Waals surface area contributed by atoms with Gasteiger partial charge in [0.05, 0.1) is 6.10 Å². The standard InChI is InChI=1S/C15H26O2/c1-5-7-8-9-10-14(4)17-15(16)12-11-13(3)6-2/h5-6,13-14H,1-2,7-12H2,3-4H3. The molecule has 0 amide bonds. The maximum Gasteiger partial charge on any atom is 0.306 e. The number of unbranched alkanes of at least 4 members (excludes halogenated alkanes) is 2. The van der Waals surface area contributed by atoms with Crippen LogP contribution in [0, 0.1) is 5.92 Å². The molecular weight excluding hydrogens is 212 g/mol. The second kappa shape index (κ2) is 10.1. The van der Waals surface area contributed by atoms with Crippen LogP contribution in [-0.4, -0.2) is 12.1 Å². The van der Waals surface area contributed by atoms with E-state index in [0.29, 0.717) is 12.3 Å². The molecule has 0 saturated heterocycles. The van der Waals surface area contributed by atoms with Gasteiger partial charge in [0.15, 0.2) is 0 Å². The van der Waals surface area contributed by atoms with Crippen molar-refractivity contribution in [1.82, 2.24) is 0 Å². The molecule has 0 aliphatic carbocycles. The lowest BCUT2D eigenvalue weighted by molar-refractivity contribution is -0.148. The van der Waals surface area contributed by atoms with Crippen molar-refractivity contribution in [3.8, 4) is 0 Å². The van der Waals surface area contributed by atoms with Gasteiger partial charge in [-0.3, -0.25) is 4.79 Å². The fourth-order valence-corrected chi connectivity index (χ4v) is 1.53. The van der Waals surface area contributed by atoms with Crippen LogP contribution in [0.15, 0.2) is 25.3 Å². The maximum atomic E-state index is 11.5. The number of rotatable bonds is 10. The van der Waals surface area contributed by atoms with Gasteiger partial charge in [0.2, 0.25) is 0 Å². The van der Waals surface area contributed by atoms with Crippen LogP contribution in [0.3, 0.4) is 0 Å². The molecule has 0 N–H and O–H groups in total. The summed E-state index contributed by atoms with van der Waals surface area (Å²) >= 11 is 0. The molecule has 0 aromatic rings. The molecule has 2 heteroatoms. The maximum absolute atomic E-state index is 11.5. The molecule has 2 atom stereocenters. The van der Waals surface area contributed by atoms with Crippen LogP contribution in [0.4, 0.5) is 0 Å². The average Bonchev–Trinajstić information content (AvgIpc) is 2.31. The van der Waals surface area contributed by atoms with E-state index in [1.807, 2.05) is 19.1 Å². The van der Waals surface area contributed by atoms with Crippen LogP contribution in [0.5, 0.6) is 0 Å². The van der Waals surface area contributed by atoms with E-state index in [-0.39, 0.29) is 12.1 Å². The second-order valence-corrected chi connectivity index (χ2v) is 4.63. The van der Waals surface area contributed by atoms with Gasteiger partial charge in [-0.05, 0) is 44.9 Å². The molecule has 98 valence electrons. The van der Waals surface area contributed by atoms with E-state index in [2.05, 4.69) is 20.1 Å². The topological polar surface area (TPSA) is 26.3 Å². The van der Waals surface area contributed by atoms with Crippen molar-refractivity contribution in [3.63, 3.8) is 0 Å². The molecule has 0 spiro atoms. The summed E-state index contributed by atoms with van der Waals surface area (Å²) in [7, 11) is 0. The lowest BCUT2D eigenvalue weighted by Gasteiger charge is -2.13. The number of carbonyl (C=O) groups is 1. The summed E-state index contributed by atoms with van der Waals surface area (Å²) < 4.78 is 5.33. The zero-order valence-corrected chi connectivity index (χ0v) is 11.3. The number of hydrogen-bond acceptors (Lipinski definition) is 2. The number of allylic oxidation sites excluding steroid dienone is 2. The minimum absolute atomic E-state index is 0.0337. The van der Waals surface area contributed by atoms with E-state index in [9.17, 15) is 4.79 Å². The lowest BCUT2D eigenvalue weighted by Crippen LogP contribution is -2.15. The summed E-state index contributed by atoms with van der Waals surface area (Å²) in [5.74, 6) is 0.292. The molecule has 0 heterocycles. The van der Waals surface area contributed by atoms with Crippen LogP contribution in [0.1, 0.15) is 52.4 Å². The fraction of sp³-hybridized carbons (Fsp3) is 0.667. The Kier molecular flexibility index (Phi) is 9.50. The number of ether oxygens (including phenoxy) is 1. The van der Waals surface area contributed by atoms with Crippen LogP contribution < -0.4 is 0 Å². The van der Waals surface area contributed by atoms with Gasteiger partial charge >= 0.3 is 5.97 Å². The Morgan fingerprint density at radius 1 is 1.24 bits per heavy atom. The normalized spacial score (nSPS) is 13.8. The Hall–Kier alpha value is -1.05. The third-order valence-corrected chi connectivity index (χ3v) is 2.81. The zero-order valence-electron chi connectivity index (χ0n) is 11.3. The quantitative estimate of drug-likeness (QED) is 0.323. The Morgan fingerprint density at radius 3 is 2.53 bits per heavy atom. The Labute approximate surface area is 106 Å². The summed E-state index contributed by atoms with van der Waals surface area (Å²) in [4.78, 5) is 11.5. The summed E-state index contributed by atoms with van der Waals surface area (Å²) in [5, 5.41) is 0. The van der Waals surface area contributed by atoms with E-state index < -0.39 is 0 Å². The molecule has 0 saturated carbocycles. The number of hydrogen-bond donors (Lipinski definition) is 0. The first-order valence-corrected chi connectivity index (χ1v) is 6.53. The zero-order chi connectivity index (χ0) is 13.1. The first-order chi connectivity index (χ1) is 8.10. The van der Waals surface area contributed by atoms with Crippen molar-refractivity contribution in [2.24, 2.45) is 5.92 Å². The SMILES string of the molecule is C=CCCCCC(C)OC(=O)CCC(C)C=C. The van der Waals surface area contributed by atoms with E-state index in [1.165, 1.54) is 0 Å². The van der Waals surface area contributed by atoms with E-state index in [4.69, 9.17) is 4.74 Å². The summed E-state index contributed by atoms with van der Waals surface area (Å²) in [6.07, 6.45) is 9.33. The van der Waals surface area contributed by atoms with Gasteiger partial charge in [0.25, 0.3) is 0 Å². The molecule has 0 aromatic heterocycles. The van der Waals surface area contributed by atoms with Crippen LogP contribution >= 0.6 is 0 Å². The molecule has 0 bridgehead atoms. The summed E-state index contributed by atoms with van der Waals surface area (Å²) in [5.41, 5.74) is 0. The fourth-order valence-electron chi connectivity index (χ4n) is 1.53. The molecule has 0 radical (unpaired) electrons. The highest BCUT2D eigenvalue weighted by Crippen LogP contribution is 2.11. The molecule has 0 rings (SSSR count). The average molecular weight is 238 g/mol. The molecule has 17 heavy (non-hydrogen) atoms. The van der Waals surface area contributed by atoms with E-state index >= 15 is 0 Å². The Morgan fingerprint density at radius 2 is 1.94 bits per heavy atom. The van der Waals surface area contributed by atoms with Gasteiger partial charge in [0.1, 0.15) is 0 Å². The third kappa shape index (κ3) is 9.86. The molecule has 0 aliphatic heterocycles. The molecule has 2 nitrogen and oxygen atoms in total. The molecule has 0 aromatic carbocycles. The van der Waals surface area contributed by atoms with Gasteiger partial charge in [-0.15, -0.1) is 13.2 Å². The summed E-state index contributed by atoms with van der Waals surface area (Å²) in [6.45, 7) is 11.4. The Balaban J connectivity index is 3.58. The smallest absolute Gasteiger partial charge is 0.306 e. The minimum atomic E-state index is -0.0880. The van der Waals surface area contributed by atoms with E-state index in [1.54, 1.807) is 0 Å². The monoisotopic (exact) mass is 238 g/mol. The van der Waals surface area contributed by atoms with Crippen LogP contribution in [0.2, 0.25) is 0 Å². The first kappa shape index (κ1) is 16.0. The van der Waals surface area contributed by atoms with Crippen molar-refractivity contribution in [1.29, 1.82) is 0 Å². The van der Waals surface area contributed by atoms with Gasteiger partial charge < -0.3 is 4.74 Å². The van der Waals surface area contributed by atoms with Crippen molar-refractivity contribution >= 4 is 5.97 Å². The van der Waals surface area contributed by atoms with Gasteiger partial charge in [-0.1, -0.05) is 19.1 Å². The van der Waals surface area contributed by atoms with E-state index in [0.717, 1.165) is 32.1 Å². The predicted octanol–water partition coefficient (Wildman–Crippen LogP) is 4.27. The van der Waals surface area contributed by atoms with Crippen LogP contribution in [0.25, 0.3) is 0 Å². The largest absolute Gasteiger partial charge is 0.463 e. The molecular formula is C15H26O2. The Bertz CT molecular complexity index is 233. The molecule has 2 unspecified atom stereocenters. The van der Waals surface area contributed by atoms with Gasteiger partial charge in [-0.25, -0.2) is 0 Å². The van der Waals surface area contributed by atoms with Crippen molar-refractivity contribution in [2.45, 2.75) is 58.5 Å². The molecule has 0 aliphatic rings. The highest BCUT2D eigenvalue weighted by Gasteiger charge is 2.10. The van der Waals surface area contributed by atoms with Gasteiger partial charge in [0, 0.05) is 6.42 Å². The predicted molar refractivity (Wildman–Crippen MR) is 72.8 cm³/mol. The highest BCUT2D eigenvalue weighted by atomic mass is 16.5. The second-order valence-electron chi connectivity index (χ2n) is 4.63. The number of esters is 1. The van der Waals surface area contributed by atoms with Gasteiger partial charge in [-0.2, -0.15) is 0 Å². The van der Waals surface area contributed by atoms with Crippen molar-refractivity contribution < 1.29 is 9.53 Å². The first-order valence-electron chi connectivity index (χ1n) is 6.53. The lowest BCUT2D eigenvalue weighted by atomic mass is 10.1. The van der Waals surface area contributed by atoms with Crippen molar-refractivity contribution in [2.75, 3.05) is 0 Å². The van der Waals surface area contributed by atoms with Crippen molar-refractivity contribution in [3.05, 3.63) is 25.3 Å². The number of carbonyl (C=O) groups excluding carboxylic acids is 1. The third-order valence-electron chi connectivity index (χ3n) is 2.81. The highest BCUT2D eigenvalue weighted by molar-refractivity contribution is 5.69. The molecule has 0 fully saturated rings. The minimum Gasteiger partial charge on any atom is -0.463 e.